The van der Waals surface area contributed by atoms with Crippen molar-refractivity contribution >= 4 is 31.9 Å². The summed E-state index contributed by atoms with van der Waals surface area (Å²) in [5.74, 6) is 0. The fraction of sp³-hybridized carbons (Fsp3) is 0.667. The lowest BCUT2D eigenvalue weighted by molar-refractivity contribution is 0.725. The molecule has 0 fully saturated rings. The van der Waals surface area contributed by atoms with Crippen molar-refractivity contribution in [3.63, 3.8) is 0 Å². The Morgan fingerprint density at radius 2 is 1.14 bits per heavy atom. The van der Waals surface area contributed by atoms with E-state index >= 15 is 0 Å². The third-order valence-electron chi connectivity index (χ3n) is 2.47. The van der Waals surface area contributed by atoms with Crippen LogP contribution in [0.1, 0.15) is 51.4 Å². The molecule has 0 spiro atoms. The van der Waals surface area contributed by atoms with Crippen molar-refractivity contribution in [2.45, 2.75) is 51.4 Å². The third-order valence-corrected chi connectivity index (χ3v) is 3.91. The number of rotatable bonds is 0. The Hall–Kier alpha value is 0.440. The Morgan fingerprint density at radius 3 is 1.57 bits per heavy atom. The fourth-order valence-electron chi connectivity index (χ4n) is 1.60. The highest BCUT2D eigenvalue weighted by Gasteiger charge is 1.97. The summed E-state index contributed by atoms with van der Waals surface area (Å²) in [6, 6.07) is 0. The molecule has 0 aromatic rings. The maximum atomic E-state index is 3.63. The minimum Gasteiger partial charge on any atom is -0.0744 e. The molecule has 14 heavy (non-hydrogen) atoms. The molecule has 1 aliphatic rings. The molecule has 0 nitrogen and oxygen atoms in total. The lowest BCUT2D eigenvalue weighted by atomic mass is 10.1. The van der Waals surface area contributed by atoms with E-state index in [4.69, 9.17) is 0 Å². The predicted molar refractivity (Wildman–Crippen MR) is 71.0 cm³/mol. The minimum atomic E-state index is 1.21. The van der Waals surface area contributed by atoms with E-state index in [9.17, 15) is 0 Å². The number of allylic oxidation sites excluding steroid dienone is 4. The van der Waals surface area contributed by atoms with Gasteiger partial charge in [-0.2, -0.15) is 0 Å². The van der Waals surface area contributed by atoms with E-state index in [0.717, 1.165) is 0 Å². The van der Waals surface area contributed by atoms with Gasteiger partial charge in [-0.05, 0) is 60.3 Å². The van der Waals surface area contributed by atoms with Gasteiger partial charge in [0.05, 0.1) is 0 Å². The van der Waals surface area contributed by atoms with Gasteiger partial charge in [0.15, 0.2) is 0 Å². The third kappa shape index (κ3) is 6.02. The summed E-state index contributed by atoms with van der Waals surface area (Å²) in [6.45, 7) is 0. The summed E-state index contributed by atoms with van der Waals surface area (Å²) >= 11 is 7.25. The van der Waals surface area contributed by atoms with E-state index in [0.29, 0.717) is 0 Å². The molecule has 0 aromatic heterocycles. The average Bonchev–Trinajstić information content (AvgIpc) is 2.14. The second-order valence-electron chi connectivity index (χ2n) is 3.79. The highest BCUT2D eigenvalue weighted by molar-refractivity contribution is 9.12. The van der Waals surface area contributed by atoms with Gasteiger partial charge in [0.25, 0.3) is 0 Å². The van der Waals surface area contributed by atoms with E-state index in [2.05, 4.69) is 44.0 Å². The van der Waals surface area contributed by atoms with Crippen LogP contribution in [0.5, 0.6) is 0 Å². The highest BCUT2D eigenvalue weighted by atomic mass is 79.9. The van der Waals surface area contributed by atoms with E-state index in [1.54, 1.807) is 0 Å². The second kappa shape index (κ2) is 7.70. The van der Waals surface area contributed by atoms with Crippen LogP contribution in [0.15, 0.2) is 21.1 Å². The van der Waals surface area contributed by atoms with Crippen molar-refractivity contribution in [3.05, 3.63) is 21.1 Å². The molecule has 0 aliphatic heterocycles. The summed E-state index contributed by atoms with van der Waals surface area (Å²) in [6.07, 6.45) is 14.8. The maximum Gasteiger partial charge on any atom is -0.00892 e. The maximum absolute atomic E-state index is 3.63. The SMILES string of the molecule is Br/C1=C/CCCC/C(Br)=C\CCCC1. The first kappa shape index (κ1) is 12.5. The Kier molecular flexibility index (Phi) is 6.88. The van der Waals surface area contributed by atoms with Gasteiger partial charge in [0, 0.05) is 0 Å². The molecule has 0 unspecified atom stereocenters. The Bertz CT molecular complexity index is 192. The van der Waals surface area contributed by atoms with Gasteiger partial charge in [0.2, 0.25) is 0 Å². The van der Waals surface area contributed by atoms with Crippen LogP contribution < -0.4 is 0 Å². The zero-order valence-corrected chi connectivity index (χ0v) is 11.7. The lowest BCUT2D eigenvalue weighted by Gasteiger charge is -2.03. The first-order valence-electron chi connectivity index (χ1n) is 5.48. The molecule has 0 bridgehead atoms. The van der Waals surface area contributed by atoms with E-state index in [1.807, 2.05) is 0 Å². The van der Waals surface area contributed by atoms with E-state index in [-0.39, 0.29) is 0 Å². The van der Waals surface area contributed by atoms with Crippen molar-refractivity contribution in [1.82, 2.24) is 0 Å². The Morgan fingerprint density at radius 1 is 0.714 bits per heavy atom. The molecule has 1 rings (SSSR count). The molecule has 0 radical (unpaired) electrons. The first-order valence-corrected chi connectivity index (χ1v) is 7.06. The monoisotopic (exact) mass is 320 g/mol. The summed E-state index contributed by atoms with van der Waals surface area (Å²) in [5.41, 5.74) is 0. The van der Waals surface area contributed by atoms with Gasteiger partial charge in [-0.25, -0.2) is 0 Å². The van der Waals surface area contributed by atoms with Crippen molar-refractivity contribution in [1.29, 1.82) is 0 Å². The molecule has 2 heteroatoms. The molecule has 0 atom stereocenters. The molecular weight excluding hydrogens is 304 g/mol. The molecule has 80 valence electrons. The van der Waals surface area contributed by atoms with Gasteiger partial charge in [0.1, 0.15) is 0 Å². The summed E-state index contributed by atoms with van der Waals surface area (Å²) in [4.78, 5) is 0. The Labute approximate surface area is 104 Å². The van der Waals surface area contributed by atoms with Crippen LogP contribution in [0.4, 0.5) is 0 Å². The van der Waals surface area contributed by atoms with Crippen LogP contribution in [-0.4, -0.2) is 0 Å². The van der Waals surface area contributed by atoms with Gasteiger partial charge < -0.3 is 0 Å². The topological polar surface area (TPSA) is 0 Å². The molecule has 1 aliphatic carbocycles. The van der Waals surface area contributed by atoms with Crippen molar-refractivity contribution in [2.24, 2.45) is 0 Å². The predicted octanol–water partition coefficient (Wildman–Crippen LogP) is 5.68. The van der Waals surface area contributed by atoms with Crippen molar-refractivity contribution in [2.75, 3.05) is 0 Å². The molecule has 0 aromatic carbocycles. The number of halogens is 2. The van der Waals surface area contributed by atoms with E-state index in [1.165, 1.54) is 60.3 Å². The smallest absolute Gasteiger partial charge is 0.00892 e. The van der Waals surface area contributed by atoms with Crippen LogP contribution in [0.3, 0.4) is 0 Å². The largest absolute Gasteiger partial charge is 0.0744 e. The van der Waals surface area contributed by atoms with Crippen molar-refractivity contribution < 1.29 is 0 Å². The minimum absolute atomic E-state index is 1.21. The highest BCUT2D eigenvalue weighted by Crippen LogP contribution is 2.21. The summed E-state index contributed by atoms with van der Waals surface area (Å²) in [5, 5.41) is 0. The van der Waals surface area contributed by atoms with Crippen LogP contribution in [0, 0.1) is 0 Å². The molecular formula is C12H18Br2. The van der Waals surface area contributed by atoms with Crippen LogP contribution in [0.25, 0.3) is 0 Å². The zero-order chi connectivity index (χ0) is 10.2. The lowest BCUT2D eigenvalue weighted by Crippen LogP contribution is -1.82. The van der Waals surface area contributed by atoms with Crippen LogP contribution >= 0.6 is 31.9 Å². The zero-order valence-electron chi connectivity index (χ0n) is 8.57. The fourth-order valence-corrected chi connectivity index (χ4v) is 2.62. The first-order chi connectivity index (χ1) is 6.79. The molecule has 0 N–H and O–H groups in total. The van der Waals surface area contributed by atoms with Crippen LogP contribution in [-0.2, 0) is 0 Å². The van der Waals surface area contributed by atoms with Gasteiger partial charge in [-0.3, -0.25) is 0 Å². The molecule has 0 saturated heterocycles. The average molecular weight is 322 g/mol. The quantitative estimate of drug-likeness (QED) is 0.538. The van der Waals surface area contributed by atoms with Crippen LogP contribution in [0.2, 0.25) is 0 Å². The standard InChI is InChI=1S/C12H18Br2/c13-11-7-3-1-4-8-12(14)10-6-2-5-9-11/h7,10H,1-6,8-9H2/b11-7+,12-10+. The van der Waals surface area contributed by atoms with Gasteiger partial charge >= 0.3 is 0 Å². The van der Waals surface area contributed by atoms with Crippen molar-refractivity contribution in [3.8, 4) is 0 Å². The Balaban J connectivity index is 2.38. The normalized spacial score (nSPS) is 29.0. The summed E-state index contributed by atoms with van der Waals surface area (Å²) < 4.78 is 2.81. The summed E-state index contributed by atoms with van der Waals surface area (Å²) in [7, 11) is 0. The second-order valence-corrected chi connectivity index (χ2v) is 5.83. The number of hydrogen-bond donors (Lipinski definition) is 0. The molecule has 0 amide bonds. The van der Waals surface area contributed by atoms with E-state index < -0.39 is 0 Å². The van der Waals surface area contributed by atoms with Gasteiger partial charge in [-0.1, -0.05) is 44.0 Å². The number of hydrogen-bond acceptors (Lipinski definition) is 0. The molecule has 0 saturated carbocycles. The molecule has 0 heterocycles. The van der Waals surface area contributed by atoms with Gasteiger partial charge in [-0.15, -0.1) is 0 Å².